The Labute approximate surface area is 99.1 Å². The topological polar surface area (TPSA) is 0 Å². The number of rotatable bonds is 3. The summed E-state index contributed by atoms with van der Waals surface area (Å²) in [5.41, 5.74) is 3.97. The summed E-state index contributed by atoms with van der Waals surface area (Å²) in [4.78, 5) is 0. The molecule has 0 atom stereocenters. The minimum atomic E-state index is 0.923. The maximum atomic E-state index is 3.44. The highest BCUT2D eigenvalue weighted by atomic mass is 79.9. The molecule has 0 aliphatic rings. The SMILES string of the molecule is BrCc1ccc(Cc2c[c]ccc2)cc1. The van der Waals surface area contributed by atoms with Crippen molar-refractivity contribution in [1.82, 2.24) is 0 Å². The fourth-order valence-corrected chi connectivity index (χ4v) is 1.90. The second-order valence-corrected chi connectivity index (χ2v) is 4.10. The van der Waals surface area contributed by atoms with Crippen molar-refractivity contribution in [2.24, 2.45) is 0 Å². The van der Waals surface area contributed by atoms with E-state index in [-0.39, 0.29) is 0 Å². The Hall–Kier alpha value is -1.08. The summed E-state index contributed by atoms with van der Waals surface area (Å²) in [6.07, 6.45) is 0.986. The van der Waals surface area contributed by atoms with E-state index in [9.17, 15) is 0 Å². The van der Waals surface area contributed by atoms with Crippen LogP contribution < -0.4 is 0 Å². The molecular formula is C14H12Br. The first kappa shape index (κ1) is 10.4. The molecule has 75 valence electrons. The molecule has 0 saturated heterocycles. The maximum absolute atomic E-state index is 3.44. The quantitative estimate of drug-likeness (QED) is 0.732. The third-order valence-electron chi connectivity index (χ3n) is 2.36. The van der Waals surface area contributed by atoms with Crippen LogP contribution in [0.5, 0.6) is 0 Å². The van der Waals surface area contributed by atoms with Gasteiger partial charge in [0.1, 0.15) is 0 Å². The van der Waals surface area contributed by atoms with E-state index in [0.29, 0.717) is 0 Å². The van der Waals surface area contributed by atoms with Crippen molar-refractivity contribution in [3.05, 3.63) is 71.3 Å². The van der Waals surface area contributed by atoms with Gasteiger partial charge in [-0.3, -0.25) is 0 Å². The van der Waals surface area contributed by atoms with Gasteiger partial charge in [-0.05, 0) is 29.2 Å². The van der Waals surface area contributed by atoms with Crippen LogP contribution in [0.2, 0.25) is 0 Å². The van der Waals surface area contributed by atoms with Gasteiger partial charge in [0.2, 0.25) is 0 Å². The summed E-state index contributed by atoms with van der Waals surface area (Å²) in [5, 5.41) is 0.923. The van der Waals surface area contributed by atoms with Gasteiger partial charge in [0.15, 0.2) is 0 Å². The molecule has 2 aromatic rings. The number of halogens is 1. The molecule has 15 heavy (non-hydrogen) atoms. The summed E-state index contributed by atoms with van der Waals surface area (Å²) in [5.74, 6) is 0. The lowest BCUT2D eigenvalue weighted by molar-refractivity contribution is 1.18. The van der Waals surface area contributed by atoms with E-state index in [2.05, 4.69) is 52.3 Å². The predicted octanol–water partition coefficient (Wildman–Crippen LogP) is 3.97. The molecule has 0 spiro atoms. The minimum Gasteiger partial charge on any atom is -0.0876 e. The first-order valence-corrected chi connectivity index (χ1v) is 6.09. The highest BCUT2D eigenvalue weighted by Gasteiger charge is 1.95. The molecule has 0 fully saturated rings. The zero-order chi connectivity index (χ0) is 10.5. The van der Waals surface area contributed by atoms with Crippen LogP contribution in [0.15, 0.2) is 48.5 Å². The van der Waals surface area contributed by atoms with Gasteiger partial charge in [-0.1, -0.05) is 64.5 Å². The van der Waals surface area contributed by atoms with Crippen molar-refractivity contribution in [3.63, 3.8) is 0 Å². The number of alkyl halides is 1. The third kappa shape index (κ3) is 2.93. The van der Waals surface area contributed by atoms with Gasteiger partial charge in [-0.15, -0.1) is 0 Å². The van der Waals surface area contributed by atoms with Gasteiger partial charge in [-0.2, -0.15) is 0 Å². The normalized spacial score (nSPS) is 10.2. The zero-order valence-corrected chi connectivity index (χ0v) is 10.00. The molecule has 0 nitrogen and oxygen atoms in total. The highest BCUT2D eigenvalue weighted by Crippen LogP contribution is 2.12. The van der Waals surface area contributed by atoms with E-state index in [0.717, 1.165) is 11.8 Å². The summed E-state index contributed by atoms with van der Waals surface area (Å²) in [6, 6.07) is 19.9. The molecule has 1 heteroatoms. The highest BCUT2D eigenvalue weighted by molar-refractivity contribution is 9.08. The first-order chi connectivity index (χ1) is 7.38. The molecule has 0 aromatic heterocycles. The lowest BCUT2D eigenvalue weighted by Crippen LogP contribution is -1.88. The fourth-order valence-electron chi connectivity index (χ4n) is 1.52. The molecule has 0 amide bonds. The lowest BCUT2D eigenvalue weighted by Gasteiger charge is -2.02. The van der Waals surface area contributed by atoms with Crippen molar-refractivity contribution in [1.29, 1.82) is 0 Å². The van der Waals surface area contributed by atoms with Crippen molar-refractivity contribution < 1.29 is 0 Å². The average Bonchev–Trinajstić information content (AvgIpc) is 2.31. The van der Waals surface area contributed by atoms with Crippen molar-refractivity contribution >= 4 is 15.9 Å². The molecule has 0 aliphatic heterocycles. The first-order valence-electron chi connectivity index (χ1n) is 4.97. The zero-order valence-electron chi connectivity index (χ0n) is 8.41. The van der Waals surface area contributed by atoms with Crippen LogP contribution >= 0.6 is 15.9 Å². The van der Waals surface area contributed by atoms with Crippen LogP contribution in [0, 0.1) is 6.07 Å². The molecule has 1 radical (unpaired) electrons. The molecule has 0 N–H and O–H groups in total. The molecule has 2 rings (SSSR count). The van der Waals surface area contributed by atoms with Crippen LogP contribution in [0.3, 0.4) is 0 Å². The van der Waals surface area contributed by atoms with Crippen LogP contribution in [0.25, 0.3) is 0 Å². The van der Waals surface area contributed by atoms with E-state index in [4.69, 9.17) is 0 Å². The largest absolute Gasteiger partial charge is 0.0876 e. The Morgan fingerprint density at radius 2 is 1.67 bits per heavy atom. The lowest BCUT2D eigenvalue weighted by atomic mass is 10.0. The van der Waals surface area contributed by atoms with Crippen LogP contribution in [0.1, 0.15) is 16.7 Å². The molecule has 0 heterocycles. The second-order valence-electron chi connectivity index (χ2n) is 3.54. The van der Waals surface area contributed by atoms with Gasteiger partial charge < -0.3 is 0 Å². The van der Waals surface area contributed by atoms with Gasteiger partial charge in [0, 0.05) is 5.33 Å². The molecule has 0 bridgehead atoms. The standard InChI is InChI=1S/C14H12Br/c15-11-14-8-6-13(7-9-14)10-12-4-2-1-3-5-12/h1-2,4-9H,10-11H2. The Morgan fingerprint density at radius 1 is 0.933 bits per heavy atom. The minimum absolute atomic E-state index is 0.923. The smallest absolute Gasteiger partial charge is 0.0283 e. The molecule has 0 saturated carbocycles. The van der Waals surface area contributed by atoms with Gasteiger partial charge >= 0.3 is 0 Å². The van der Waals surface area contributed by atoms with Gasteiger partial charge in [-0.25, -0.2) is 0 Å². The van der Waals surface area contributed by atoms with E-state index in [1.54, 1.807) is 0 Å². The van der Waals surface area contributed by atoms with Crippen molar-refractivity contribution in [3.8, 4) is 0 Å². The van der Waals surface area contributed by atoms with E-state index in [1.807, 2.05) is 18.2 Å². The summed E-state index contributed by atoms with van der Waals surface area (Å²) >= 11 is 3.44. The van der Waals surface area contributed by atoms with E-state index >= 15 is 0 Å². The second kappa shape index (κ2) is 5.13. The average molecular weight is 260 g/mol. The third-order valence-corrected chi connectivity index (χ3v) is 3.00. The molecule has 0 aliphatic carbocycles. The number of hydrogen-bond donors (Lipinski definition) is 0. The summed E-state index contributed by atoms with van der Waals surface area (Å²) in [6.45, 7) is 0. The molecule has 2 aromatic carbocycles. The van der Waals surface area contributed by atoms with Crippen molar-refractivity contribution in [2.75, 3.05) is 0 Å². The monoisotopic (exact) mass is 259 g/mol. The summed E-state index contributed by atoms with van der Waals surface area (Å²) in [7, 11) is 0. The Kier molecular flexibility index (Phi) is 3.57. The van der Waals surface area contributed by atoms with Crippen LogP contribution in [-0.4, -0.2) is 0 Å². The van der Waals surface area contributed by atoms with Gasteiger partial charge in [0.25, 0.3) is 0 Å². The predicted molar refractivity (Wildman–Crippen MR) is 67.2 cm³/mol. The maximum Gasteiger partial charge on any atom is 0.0283 e. The van der Waals surface area contributed by atoms with Crippen LogP contribution in [0.4, 0.5) is 0 Å². The van der Waals surface area contributed by atoms with Crippen LogP contribution in [-0.2, 0) is 11.8 Å². The van der Waals surface area contributed by atoms with E-state index < -0.39 is 0 Å². The fraction of sp³-hybridized carbons (Fsp3) is 0.143. The van der Waals surface area contributed by atoms with Gasteiger partial charge in [0.05, 0.1) is 0 Å². The Balaban J connectivity index is 2.11. The molecule has 0 unspecified atom stereocenters. The Morgan fingerprint density at radius 3 is 2.27 bits per heavy atom. The van der Waals surface area contributed by atoms with E-state index in [1.165, 1.54) is 16.7 Å². The number of hydrogen-bond acceptors (Lipinski definition) is 0. The Bertz CT molecular complexity index is 403. The number of benzene rings is 2. The van der Waals surface area contributed by atoms with Crippen molar-refractivity contribution in [2.45, 2.75) is 11.8 Å². The molecular weight excluding hydrogens is 248 g/mol. The summed E-state index contributed by atoms with van der Waals surface area (Å²) < 4.78 is 0.